The van der Waals surface area contributed by atoms with Gasteiger partial charge in [0.1, 0.15) is 0 Å². The molecule has 0 fully saturated rings. The Morgan fingerprint density at radius 2 is 1.90 bits per heavy atom. The number of aromatic nitrogens is 1. The van der Waals surface area contributed by atoms with Gasteiger partial charge in [0.25, 0.3) is 5.91 Å². The summed E-state index contributed by atoms with van der Waals surface area (Å²) in [5, 5.41) is 2.94. The van der Waals surface area contributed by atoms with Crippen LogP contribution < -0.4 is 5.32 Å². The molecular formula is C17H22N2O. The van der Waals surface area contributed by atoms with Crippen molar-refractivity contribution in [3.63, 3.8) is 0 Å². The highest BCUT2D eigenvalue weighted by Gasteiger charge is 2.16. The van der Waals surface area contributed by atoms with Crippen LogP contribution in [0.25, 0.3) is 5.69 Å². The minimum absolute atomic E-state index is 0.0137. The van der Waals surface area contributed by atoms with E-state index >= 15 is 0 Å². The summed E-state index contributed by atoms with van der Waals surface area (Å²) in [6.45, 7) is 8.89. The lowest BCUT2D eigenvalue weighted by Gasteiger charge is -2.12. The third-order valence-corrected chi connectivity index (χ3v) is 3.57. The second kappa shape index (κ2) is 5.95. The van der Waals surface area contributed by atoms with E-state index in [0.717, 1.165) is 29.1 Å². The normalized spacial score (nSPS) is 10.6. The van der Waals surface area contributed by atoms with Crippen molar-refractivity contribution in [1.82, 2.24) is 9.88 Å². The molecule has 1 amide bonds. The zero-order valence-electron chi connectivity index (χ0n) is 12.7. The molecule has 1 aromatic carbocycles. The fourth-order valence-electron chi connectivity index (χ4n) is 2.51. The van der Waals surface area contributed by atoms with E-state index in [9.17, 15) is 4.79 Å². The molecular weight excluding hydrogens is 248 g/mol. The Morgan fingerprint density at radius 3 is 2.55 bits per heavy atom. The number of nitrogens with one attached hydrogen (secondary N) is 1. The van der Waals surface area contributed by atoms with E-state index in [2.05, 4.69) is 35.9 Å². The lowest BCUT2D eigenvalue weighted by molar-refractivity contribution is 0.0953. The molecule has 3 nitrogen and oxygen atoms in total. The molecule has 0 aliphatic heterocycles. The maximum Gasteiger partial charge on any atom is 0.253 e. The summed E-state index contributed by atoms with van der Waals surface area (Å²) in [5.41, 5.74) is 5.18. The van der Waals surface area contributed by atoms with Crippen LogP contribution in [-0.2, 0) is 0 Å². The third kappa shape index (κ3) is 2.62. The molecule has 1 aromatic heterocycles. The van der Waals surface area contributed by atoms with Gasteiger partial charge < -0.3 is 9.88 Å². The lowest BCUT2D eigenvalue weighted by atomic mass is 10.2. The van der Waals surface area contributed by atoms with Gasteiger partial charge in [0.2, 0.25) is 0 Å². The van der Waals surface area contributed by atoms with Crippen molar-refractivity contribution >= 4 is 5.91 Å². The molecule has 0 saturated carbocycles. The lowest BCUT2D eigenvalue weighted by Crippen LogP contribution is -2.24. The highest BCUT2D eigenvalue weighted by Crippen LogP contribution is 2.23. The van der Waals surface area contributed by atoms with E-state index in [0.29, 0.717) is 6.54 Å². The van der Waals surface area contributed by atoms with Gasteiger partial charge in [-0.3, -0.25) is 4.79 Å². The van der Waals surface area contributed by atoms with Gasteiger partial charge in [0.05, 0.1) is 5.56 Å². The van der Waals surface area contributed by atoms with Crippen molar-refractivity contribution < 1.29 is 4.79 Å². The van der Waals surface area contributed by atoms with Crippen LogP contribution in [0, 0.1) is 20.8 Å². The van der Waals surface area contributed by atoms with Gasteiger partial charge >= 0.3 is 0 Å². The van der Waals surface area contributed by atoms with E-state index in [4.69, 9.17) is 0 Å². The van der Waals surface area contributed by atoms with E-state index in [1.807, 2.05) is 32.0 Å². The fraction of sp³-hybridized carbons (Fsp3) is 0.353. The number of amides is 1. The fourth-order valence-corrected chi connectivity index (χ4v) is 2.51. The Balaban J connectivity index is 2.45. The molecule has 0 radical (unpaired) electrons. The molecule has 0 aliphatic carbocycles. The average molecular weight is 270 g/mol. The number of para-hydroxylation sites is 1. The summed E-state index contributed by atoms with van der Waals surface area (Å²) in [7, 11) is 0. The maximum atomic E-state index is 12.2. The second-order valence-corrected chi connectivity index (χ2v) is 5.16. The first-order valence-corrected chi connectivity index (χ1v) is 7.09. The van der Waals surface area contributed by atoms with Crippen LogP contribution in [0.15, 0.2) is 30.3 Å². The van der Waals surface area contributed by atoms with Crippen LogP contribution in [0.4, 0.5) is 0 Å². The zero-order valence-corrected chi connectivity index (χ0v) is 12.7. The molecule has 0 atom stereocenters. The Bertz CT molecular complexity index is 626. The number of benzene rings is 1. The number of hydrogen-bond acceptors (Lipinski definition) is 1. The Labute approximate surface area is 120 Å². The highest BCUT2D eigenvalue weighted by molar-refractivity contribution is 5.95. The SMILES string of the molecule is CCCNC(=O)c1cc(C)n(-c2ccccc2C)c1C. The van der Waals surface area contributed by atoms with Crippen molar-refractivity contribution in [2.45, 2.75) is 34.1 Å². The van der Waals surface area contributed by atoms with Gasteiger partial charge in [-0.1, -0.05) is 25.1 Å². The van der Waals surface area contributed by atoms with Gasteiger partial charge in [-0.15, -0.1) is 0 Å². The summed E-state index contributed by atoms with van der Waals surface area (Å²) in [6.07, 6.45) is 0.947. The van der Waals surface area contributed by atoms with Crippen LogP contribution in [0.2, 0.25) is 0 Å². The van der Waals surface area contributed by atoms with Gasteiger partial charge in [-0.2, -0.15) is 0 Å². The molecule has 0 saturated heterocycles. The predicted octanol–water partition coefficient (Wildman–Crippen LogP) is 3.54. The standard InChI is InChI=1S/C17H22N2O/c1-5-10-18-17(20)15-11-13(3)19(14(15)4)16-9-7-6-8-12(16)2/h6-9,11H,5,10H2,1-4H3,(H,18,20). The van der Waals surface area contributed by atoms with E-state index in [1.54, 1.807) is 0 Å². The molecule has 20 heavy (non-hydrogen) atoms. The number of nitrogens with zero attached hydrogens (tertiary/aromatic N) is 1. The van der Waals surface area contributed by atoms with Crippen molar-refractivity contribution in [1.29, 1.82) is 0 Å². The second-order valence-electron chi connectivity index (χ2n) is 5.16. The Morgan fingerprint density at radius 1 is 1.20 bits per heavy atom. The summed E-state index contributed by atoms with van der Waals surface area (Å²) in [6, 6.07) is 10.2. The number of rotatable bonds is 4. The van der Waals surface area contributed by atoms with Gasteiger partial charge in [0.15, 0.2) is 0 Å². The number of aryl methyl sites for hydroxylation is 2. The van der Waals surface area contributed by atoms with Crippen molar-refractivity contribution in [3.8, 4) is 5.69 Å². The molecule has 1 heterocycles. The van der Waals surface area contributed by atoms with Gasteiger partial charge in [0, 0.05) is 23.6 Å². The summed E-state index contributed by atoms with van der Waals surface area (Å²) < 4.78 is 2.15. The number of carbonyl (C=O) groups is 1. The minimum atomic E-state index is 0.0137. The largest absolute Gasteiger partial charge is 0.352 e. The molecule has 1 N–H and O–H groups in total. The van der Waals surface area contributed by atoms with Gasteiger partial charge in [-0.05, 0) is 44.9 Å². The van der Waals surface area contributed by atoms with Crippen LogP contribution in [0.3, 0.4) is 0 Å². The molecule has 0 unspecified atom stereocenters. The van der Waals surface area contributed by atoms with Crippen LogP contribution in [-0.4, -0.2) is 17.0 Å². The third-order valence-electron chi connectivity index (χ3n) is 3.57. The monoisotopic (exact) mass is 270 g/mol. The van der Waals surface area contributed by atoms with E-state index < -0.39 is 0 Å². The highest BCUT2D eigenvalue weighted by atomic mass is 16.1. The summed E-state index contributed by atoms with van der Waals surface area (Å²) in [5.74, 6) is 0.0137. The molecule has 106 valence electrons. The minimum Gasteiger partial charge on any atom is -0.352 e. The summed E-state index contributed by atoms with van der Waals surface area (Å²) in [4.78, 5) is 12.2. The molecule has 3 heteroatoms. The summed E-state index contributed by atoms with van der Waals surface area (Å²) >= 11 is 0. The molecule has 2 rings (SSSR count). The quantitative estimate of drug-likeness (QED) is 0.906. The number of hydrogen-bond donors (Lipinski definition) is 1. The molecule has 0 aliphatic rings. The topological polar surface area (TPSA) is 34.0 Å². The van der Waals surface area contributed by atoms with E-state index in [-0.39, 0.29) is 5.91 Å². The van der Waals surface area contributed by atoms with E-state index in [1.165, 1.54) is 5.56 Å². The molecule has 0 bridgehead atoms. The number of carbonyl (C=O) groups excluding carboxylic acids is 1. The maximum absolute atomic E-state index is 12.2. The van der Waals surface area contributed by atoms with Gasteiger partial charge in [-0.25, -0.2) is 0 Å². The van der Waals surface area contributed by atoms with Crippen molar-refractivity contribution in [2.24, 2.45) is 0 Å². The average Bonchev–Trinajstić information content (AvgIpc) is 2.72. The molecule has 2 aromatic rings. The zero-order chi connectivity index (χ0) is 14.7. The predicted molar refractivity (Wildman–Crippen MR) is 82.6 cm³/mol. The van der Waals surface area contributed by atoms with Crippen LogP contribution in [0.5, 0.6) is 0 Å². The smallest absolute Gasteiger partial charge is 0.253 e. The van der Waals surface area contributed by atoms with Crippen molar-refractivity contribution in [3.05, 3.63) is 52.8 Å². The Hall–Kier alpha value is -2.03. The van der Waals surface area contributed by atoms with Crippen LogP contribution in [0.1, 0.15) is 40.7 Å². The first kappa shape index (κ1) is 14.4. The first-order chi connectivity index (χ1) is 9.56. The molecule has 0 spiro atoms. The van der Waals surface area contributed by atoms with Crippen LogP contribution >= 0.6 is 0 Å². The first-order valence-electron chi connectivity index (χ1n) is 7.09. The van der Waals surface area contributed by atoms with Crippen molar-refractivity contribution in [2.75, 3.05) is 6.54 Å². The Kier molecular flexibility index (Phi) is 4.28.